The zero-order valence-corrected chi connectivity index (χ0v) is 18.2. The summed E-state index contributed by atoms with van der Waals surface area (Å²) >= 11 is 0. The van der Waals surface area contributed by atoms with Crippen LogP contribution in [0.4, 0.5) is 0 Å². The summed E-state index contributed by atoms with van der Waals surface area (Å²) in [6.45, 7) is 2.19. The molecule has 1 aromatic heterocycles. The summed E-state index contributed by atoms with van der Waals surface area (Å²) < 4.78 is 11.7. The second-order valence-electron chi connectivity index (χ2n) is 8.09. The van der Waals surface area contributed by atoms with Gasteiger partial charge in [-0.2, -0.15) is 0 Å². The number of nitrogens with zero attached hydrogens (tertiary/aromatic N) is 2. The molecule has 5 nitrogen and oxygen atoms in total. The maximum absolute atomic E-state index is 12.5. The lowest BCUT2D eigenvalue weighted by atomic mass is 10.0. The molecule has 2 aliphatic heterocycles. The van der Waals surface area contributed by atoms with Crippen LogP contribution in [0, 0.1) is 0 Å². The number of hydrogen-bond donors (Lipinski definition) is 0. The number of amides is 1. The normalized spacial score (nSPS) is 19.2. The molecule has 3 heterocycles. The number of fused-ring (bicyclic) bond motifs is 1. The van der Waals surface area contributed by atoms with Gasteiger partial charge in [0, 0.05) is 49.7 Å². The largest absolute Gasteiger partial charge is 0.490 e. The fourth-order valence-corrected chi connectivity index (χ4v) is 4.32. The van der Waals surface area contributed by atoms with Crippen LogP contribution in [0.1, 0.15) is 25.7 Å². The molecule has 0 saturated carbocycles. The molecule has 0 unspecified atom stereocenters. The number of pyridine rings is 1. The lowest BCUT2D eigenvalue weighted by molar-refractivity contribution is -0.142. The Labute approximate surface area is 188 Å². The van der Waals surface area contributed by atoms with Gasteiger partial charge in [-0.1, -0.05) is 30.3 Å². The van der Waals surface area contributed by atoms with Crippen molar-refractivity contribution in [2.24, 2.45) is 0 Å². The topological polar surface area (TPSA) is 51.7 Å². The van der Waals surface area contributed by atoms with Crippen LogP contribution < -0.4 is 4.74 Å². The summed E-state index contributed by atoms with van der Waals surface area (Å²) in [5.41, 5.74) is 3.23. The smallest absolute Gasteiger partial charge is 0.251 e. The number of carbonyl (C=O) groups excluding carboxylic acids is 1. The van der Waals surface area contributed by atoms with E-state index in [0.29, 0.717) is 6.61 Å². The summed E-state index contributed by atoms with van der Waals surface area (Å²) in [7, 11) is 0. The van der Waals surface area contributed by atoms with Crippen molar-refractivity contribution in [1.29, 1.82) is 0 Å². The molecule has 0 bridgehead atoms. The SMILES string of the molecule is Cl.O=C([C@H]1CCCO1)N1CCC(Oc2ccc(-c3cnc4ccccc4c3)cc2)CC1. The number of benzene rings is 2. The van der Waals surface area contributed by atoms with E-state index in [9.17, 15) is 4.79 Å². The van der Waals surface area contributed by atoms with Gasteiger partial charge in [0.25, 0.3) is 5.91 Å². The summed E-state index contributed by atoms with van der Waals surface area (Å²) in [4.78, 5) is 19.0. The van der Waals surface area contributed by atoms with E-state index in [-0.39, 0.29) is 30.5 Å². The van der Waals surface area contributed by atoms with Crippen LogP contribution in [-0.4, -0.2) is 47.7 Å². The van der Waals surface area contributed by atoms with E-state index in [1.807, 2.05) is 41.4 Å². The first-order valence-corrected chi connectivity index (χ1v) is 10.8. The van der Waals surface area contributed by atoms with E-state index >= 15 is 0 Å². The Hall–Kier alpha value is -2.63. The number of halogens is 1. The highest BCUT2D eigenvalue weighted by atomic mass is 35.5. The minimum atomic E-state index is -0.223. The maximum Gasteiger partial charge on any atom is 0.251 e. The Morgan fingerprint density at radius 3 is 2.52 bits per heavy atom. The Kier molecular flexibility index (Phi) is 6.73. The monoisotopic (exact) mass is 438 g/mol. The quantitative estimate of drug-likeness (QED) is 0.583. The minimum Gasteiger partial charge on any atom is -0.490 e. The third-order valence-electron chi connectivity index (χ3n) is 6.04. The molecule has 3 aromatic rings. The summed E-state index contributed by atoms with van der Waals surface area (Å²) in [5.74, 6) is 1.02. The van der Waals surface area contributed by atoms with Gasteiger partial charge in [0.2, 0.25) is 0 Å². The highest BCUT2D eigenvalue weighted by Crippen LogP contribution is 2.27. The van der Waals surface area contributed by atoms with Crippen molar-refractivity contribution in [3.05, 3.63) is 60.8 Å². The molecule has 1 amide bonds. The lowest BCUT2D eigenvalue weighted by Gasteiger charge is -2.33. The Balaban J connectivity index is 0.00000231. The molecular weight excluding hydrogens is 412 g/mol. The van der Waals surface area contributed by atoms with E-state index in [2.05, 4.69) is 29.2 Å². The molecule has 0 spiro atoms. The minimum absolute atomic E-state index is 0. The Bertz CT molecular complexity index is 1030. The molecule has 5 rings (SSSR count). The van der Waals surface area contributed by atoms with Gasteiger partial charge < -0.3 is 14.4 Å². The van der Waals surface area contributed by atoms with Crippen LogP contribution in [0.15, 0.2) is 60.8 Å². The first kappa shape index (κ1) is 21.6. The van der Waals surface area contributed by atoms with Crippen molar-refractivity contribution in [2.45, 2.75) is 37.9 Å². The average molecular weight is 439 g/mol. The van der Waals surface area contributed by atoms with Gasteiger partial charge in [0.15, 0.2) is 0 Å². The van der Waals surface area contributed by atoms with Crippen LogP contribution in [0.2, 0.25) is 0 Å². The molecule has 2 fully saturated rings. The predicted molar refractivity (Wildman–Crippen MR) is 124 cm³/mol. The molecule has 0 N–H and O–H groups in total. The second kappa shape index (κ2) is 9.67. The second-order valence-corrected chi connectivity index (χ2v) is 8.09. The Morgan fingerprint density at radius 2 is 1.77 bits per heavy atom. The van der Waals surface area contributed by atoms with Gasteiger partial charge in [-0.3, -0.25) is 9.78 Å². The molecular formula is C25H27ClN2O3. The highest BCUT2D eigenvalue weighted by Gasteiger charge is 2.31. The molecule has 1 atom stereocenters. The zero-order chi connectivity index (χ0) is 20.3. The van der Waals surface area contributed by atoms with Crippen molar-refractivity contribution in [3.63, 3.8) is 0 Å². The third-order valence-corrected chi connectivity index (χ3v) is 6.04. The molecule has 0 aliphatic carbocycles. The van der Waals surface area contributed by atoms with E-state index in [1.165, 1.54) is 0 Å². The molecule has 2 saturated heterocycles. The van der Waals surface area contributed by atoms with E-state index in [0.717, 1.165) is 66.6 Å². The van der Waals surface area contributed by atoms with Crippen LogP contribution >= 0.6 is 12.4 Å². The van der Waals surface area contributed by atoms with Crippen LogP contribution in [0.5, 0.6) is 5.75 Å². The lowest BCUT2D eigenvalue weighted by Crippen LogP contribution is -2.45. The number of carbonyl (C=O) groups is 1. The molecule has 2 aromatic carbocycles. The predicted octanol–water partition coefficient (Wildman–Crippen LogP) is 4.87. The van der Waals surface area contributed by atoms with Gasteiger partial charge in [-0.15, -0.1) is 12.4 Å². The molecule has 0 radical (unpaired) electrons. The number of likely N-dealkylation sites (tertiary alicyclic amines) is 1. The highest BCUT2D eigenvalue weighted by molar-refractivity contribution is 5.85. The Morgan fingerprint density at radius 1 is 1.00 bits per heavy atom. The zero-order valence-electron chi connectivity index (χ0n) is 17.4. The van der Waals surface area contributed by atoms with Crippen molar-refractivity contribution >= 4 is 29.2 Å². The van der Waals surface area contributed by atoms with Crippen molar-refractivity contribution in [3.8, 4) is 16.9 Å². The standard InChI is InChI=1S/C25H26N2O3.ClH/c28-25(24-6-3-15-29-24)27-13-11-22(12-14-27)30-21-9-7-18(8-10-21)20-16-19-4-1-2-5-23(19)26-17-20;/h1-2,4-5,7-10,16-17,22,24H,3,6,11-15H2;1H/t24-;/m1./s1. The van der Waals surface area contributed by atoms with Crippen LogP contribution in [0.25, 0.3) is 22.0 Å². The van der Waals surface area contributed by atoms with E-state index in [4.69, 9.17) is 9.47 Å². The number of aromatic nitrogens is 1. The number of rotatable bonds is 4. The van der Waals surface area contributed by atoms with Crippen molar-refractivity contribution in [2.75, 3.05) is 19.7 Å². The van der Waals surface area contributed by atoms with E-state index < -0.39 is 0 Å². The maximum atomic E-state index is 12.5. The summed E-state index contributed by atoms with van der Waals surface area (Å²) in [6, 6.07) is 18.5. The summed E-state index contributed by atoms with van der Waals surface area (Å²) in [6.07, 6.45) is 5.39. The average Bonchev–Trinajstić information content (AvgIpc) is 3.34. The first-order chi connectivity index (χ1) is 14.8. The molecule has 162 valence electrons. The van der Waals surface area contributed by atoms with Crippen LogP contribution in [-0.2, 0) is 9.53 Å². The van der Waals surface area contributed by atoms with Crippen molar-refractivity contribution < 1.29 is 14.3 Å². The van der Waals surface area contributed by atoms with Crippen molar-refractivity contribution in [1.82, 2.24) is 9.88 Å². The number of hydrogen-bond acceptors (Lipinski definition) is 4. The van der Waals surface area contributed by atoms with Crippen LogP contribution in [0.3, 0.4) is 0 Å². The van der Waals surface area contributed by atoms with Gasteiger partial charge in [0.1, 0.15) is 18.0 Å². The first-order valence-electron chi connectivity index (χ1n) is 10.8. The van der Waals surface area contributed by atoms with Gasteiger partial charge in [-0.25, -0.2) is 0 Å². The third kappa shape index (κ3) is 4.83. The fourth-order valence-electron chi connectivity index (χ4n) is 4.32. The summed E-state index contributed by atoms with van der Waals surface area (Å²) in [5, 5.41) is 1.14. The van der Waals surface area contributed by atoms with E-state index in [1.54, 1.807) is 0 Å². The number of para-hydroxylation sites is 1. The van der Waals surface area contributed by atoms with Gasteiger partial charge >= 0.3 is 0 Å². The molecule has 6 heteroatoms. The fraction of sp³-hybridized carbons (Fsp3) is 0.360. The number of piperidine rings is 1. The molecule has 31 heavy (non-hydrogen) atoms. The van der Waals surface area contributed by atoms with Gasteiger partial charge in [-0.05, 0) is 42.7 Å². The number of ether oxygens (including phenoxy) is 2. The van der Waals surface area contributed by atoms with Gasteiger partial charge in [0.05, 0.1) is 5.52 Å². The molecule has 2 aliphatic rings.